The van der Waals surface area contributed by atoms with E-state index >= 15 is 0 Å². The summed E-state index contributed by atoms with van der Waals surface area (Å²) < 4.78 is 0. The molecule has 0 radical (unpaired) electrons. The van der Waals surface area contributed by atoms with Crippen molar-refractivity contribution in [1.29, 1.82) is 0 Å². The first kappa shape index (κ1) is 19.7. The van der Waals surface area contributed by atoms with Gasteiger partial charge in [0.1, 0.15) is 6.04 Å². The smallest absolute Gasteiger partial charge is 0.246 e. The number of nitrogens with one attached hydrogen (secondary N) is 1. The van der Waals surface area contributed by atoms with Crippen molar-refractivity contribution in [3.63, 3.8) is 0 Å². The van der Waals surface area contributed by atoms with Crippen molar-refractivity contribution in [1.82, 2.24) is 10.4 Å². The zero-order valence-corrected chi connectivity index (χ0v) is 15.0. The van der Waals surface area contributed by atoms with E-state index < -0.39 is 17.9 Å². The summed E-state index contributed by atoms with van der Waals surface area (Å²) in [5.41, 5.74) is 0.625. The predicted octanol–water partition coefficient (Wildman–Crippen LogP) is 3.30. The van der Waals surface area contributed by atoms with Gasteiger partial charge >= 0.3 is 0 Å². The summed E-state index contributed by atoms with van der Waals surface area (Å²) in [7, 11) is 1.45. The molecule has 1 rings (SSSR count). The molecule has 0 unspecified atom stereocenters. The molecule has 0 aliphatic heterocycles. The Bertz CT molecular complexity index is 564. The molecule has 2 N–H and O–H groups in total. The summed E-state index contributed by atoms with van der Waals surface area (Å²) >= 11 is 12.0. The van der Waals surface area contributed by atoms with Gasteiger partial charge < -0.3 is 5.32 Å². The van der Waals surface area contributed by atoms with Crippen LogP contribution in [-0.4, -0.2) is 35.2 Å². The van der Waals surface area contributed by atoms with Crippen LogP contribution in [0.15, 0.2) is 18.2 Å². The molecule has 1 aromatic carbocycles. The maximum absolute atomic E-state index is 12.1. The van der Waals surface area contributed by atoms with Gasteiger partial charge in [-0.05, 0) is 30.0 Å². The lowest BCUT2D eigenvalue weighted by Crippen LogP contribution is -2.48. The first-order chi connectivity index (χ1) is 10.8. The van der Waals surface area contributed by atoms with Crippen molar-refractivity contribution in [3.05, 3.63) is 33.8 Å². The monoisotopic (exact) mass is 360 g/mol. The van der Waals surface area contributed by atoms with Gasteiger partial charge in [0.2, 0.25) is 11.8 Å². The number of likely N-dealkylation sites (N-methyl/N-ethyl adjacent to an activating group) is 1. The second-order valence-corrected chi connectivity index (χ2v) is 6.58. The van der Waals surface area contributed by atoms with Gasteiger partial charge in [-0.25, -0.2) is 5.06 Å². The highest BCUT2D eigenvalue weighted by Crippen LogP contribution is 2.23. The Labute approximate surface area is 146 Å². The number of halogens is 2. The third-order valence-electron chi connectivity index (χ3n) is 3.46. The topological polar surface area (TPSA) is 69.6 Å². The number of nitrogens with zero attached hydrogens (tertiary/aromatic N) is 1. The minimum absolute atomic E-state index is 0.0968. The molecular weight excluding hydrogens is 339 g/mol. The molecule has 0 saturated carbocycles. The summed E-state index contributed by atoms with van der Waals surface area (Å²) in [6.07, 6.45) is 0.910. The van der Waals surface area contributed by atoms with Crippen molar-refractivity contribution in [2.75, 3.05) is 7.05 Å². The Morgan fingerprint density at radius 3 is 2.48 bits per heavy atom. The molecule has 0 heterocycles. The molecule has 5 nitrogen and oxygen atoms in total. The molecule has 1 aromatic rings. The Kier molecular flexibility index (Phi) is 7.82. The predicted molar refractivity (Wildman–Crippen MR) is 90.7 cm³/mol. The summed E-state index contributed by atoms with van der Waals surface area (Å²) in [5, 5.41) is 14.0. The van der Waals surface area contributed by atoms with Crippen LogP contribution in [0.25, 0.3) is 0 Å². The van der Waals surface area contributed by atoms with Crippen LogP contribution in [0.1, 0.15) is 32.3 Å². The molecule has 0 aliphatic rings. The van der Waals surface area contributed by atoms with Crippen molar-refractivity contribution >= 4 is 35.0 Å². The Balaban J connectivity index is 2.91. The van der Waals surface area contributed by atoms with E-state index in [1.54, 1.807) is 18.2 Å². The standard InChI is InChI=1S/C16H22Cl2N2O3/c1-10(2)4-7-15(21)20(23)14(16(22)19-3)8-11-5-6-12(17)9-13(11)18/h5-6,9-10,14,23H,4,7-8H2,1-3H3,(H,19,22)/t14-/m0/s1. The van der Waals surface area contributed by atoms with Gasteiger partial charge in [0.25, 0.3) is 0 Å². The molecule has 0 bridgehead atoms. The second-order valence-electron chi connectivity index (χ2n) is 5.74. The third kappa shape index (κ3) is 6.01. The van der Waals surface area contributed by atoms with E-state index in [-0.39, 0.29) is 12.8 Å². The molecule has 0 fully saturated rings. The van der Waals surface area contributed by atoms with Gasteiger partial charge in [0.05, 0.1) is 0 Å². The highest BCUT2D eigenvalue weighted by molar-refractivity contribution is 6.35. The van der Waals surface area contributed by atoms with Gasteiger partial charge in [0, 0.05) is 29.9 Å². The fourth-order valence-electron chi connectivity index (χ4n) is 2.05. The first-order valence-corrected chi connectivity index (χ1v) is 8.18. The summed E-state index contributed by atoms with van der Waals surface area (Å²) in [6, 6.07) is 3.83. The second kappa shape index (κ2) is 9.11. The van der Waals surface area contributed by atoms with E-state index in [9.17, 15) is 14.8 Å². The highest BCUT2D eigenvalue weighted by atomic mass is 35.5. The van der Waals surface area contributed by atoms with E-state index in [1.165, 1.54) is 7.05 Å². The van der Waals surface area contributed by atoms with Gasteiger partial charge in [-0.1, -0.05) is 43.1 Å². The number of hydrogen-bond acceptors (Lipinski definition) is 3. The number of hydrogen-bond donors (Lipinski definition) is 2. The molecule has 2 amide bonds. The van der Waals surface area contributed by atoms with Crippen LogP contribution in [0.4, 0.5) is 0 Å². The molecule has 0 saturated heterocycles. The molecule has 128 valence electrons. The van der Waals surface area contributed by atoms with E-state index in [1.807, 2.05) is 13.8 Å². The Hall–Kier alpha value is -1.30. The minimum atomic E-state index is -1.04. The van der Waals surface area contributed by atoms with Crippen molar-refractivity contribution < 1.29 is 14.8 Å². The van der Waals surface area contributed by atoms with Gasteiger partial charge in [-0.2, -0.15) is 0 Å². The number of carbonyl (C=O) groups is 2. The molecule has 1 atom stereocenters. The maximum Gasteiger partial charge on any atom is 0.246 e. The van der Waals surface area contributed by atoms with Gasteiger partial charge in [-0.3, -0.25) is 14.8 Å². The van der Waals surface area contributed by atoms with E-state index in [4.69, 9.17) is 23.2 Å². The Morgan fingerprint density at radius 1 is 1.30 bits per heavy atom. The maximum atomic E-state index is 12.1. The zero-order chi connectivity index (χ0) is 17.6. The quantitative estimate of drug-likeness (QED) is 0.578. The molecular formula is C16H22Cl2N2O3. The number of carbonyl (C=O) groups excluding carboxylic acids is 2. The summed E-state index contributed by atoms with van der Waals surface area (Å²) in [6.45, 7) is 3.97. The zero-order valence-electron chi connectivity index (χ0n) is 13.5. The Morgan fingerprint density at radius 2 is 1.96 bits per heavy atom. The minimum Gasteiger partial charge on any atom is -0.357 e. The highest BCUT2D eigenvalue weighted by Gasteiger charge is 2.29. The van der Waals surface area contributed by atoms with Crippen molar-refractivity contribution in [3.8, 4) is 0 Å². The van der Waals surface area contributed by atoms with Gasteiger partial charge in [0.15, 0.2) is 0 Å². The number of hydroxylamine groups is 2. The van der Waals surface area contributed by atoms with E-state index in [0.29, 0.717) is 33.0 Å². The van der Waals surface area contributed by atoms with Crippen LogP contribution >= 0.6 is 23.2 Å². The molecule has 23 heavy (non-hydrogen) atoms. The van der Waals surface area contributed by atoms with Crippen LogP contribution in [0, 0.1) is 5.92 Å². The SMILES string of the molecule is CNC(=O)[C@H](Cc1ccc(Cl)cc1Cl)N(O)C(=O)CCC(C)C. The largest absolute Gasteiger partial charge is 0.357 e. The normalized spacial score (nSPS) is 12.1. The third-order valence-corrected chi connectivity index (χ3v) is 4.05. The van der Waals surface area contributed by atoms with Crippen molar-refractivity contribution in [2.45, 2.75) is 39.2 Å². The van der Waals surface area contributed by atoms with Crippen LogP contribution in [0.5, 0.6) is 0 Å². The molecule has 7 heteroatoms. The van der Waals surface area contributed by atoms with Crippen LogP contribution in [0.3, 0.4) is 0 Å². The molecule has 0 spiro atoms. The molecule has 0 aromatic heterocycles. The lowest BCUT2D eigenvalue weighted by Gasteiger charge is -2.25. The summed E-state index contributed by atoms with van der Waals surface area (Å²) in [4.78, 5) is 24.1. The van der Waals surface area contributed by atoms with Crippen LogP contribution < -0.4 is 5.32 Å². The van der Waals surface area contributed by atoms with Crippen LogP contribution in [-0.2, 0) is 16.0 Å². The van der Waals surface area contributed by atoms with Crippen LogP contribution in [0.2, 0.25) is 10.0 Å². The lowest BCUT2D eigenvalue weighted by molar-refractivity contribution is -0.180. The van der Waals surface area contributed by atoms with Crippen molar-refractivity contribution in [2.24, 2.45) is 5.92 Å². The number of rotatable bonds is 7. The van der Waals surface area contributed by atoms with Gasteiger partial charge in [-0.15, -0.1) is 0 Å². The van der Waals surface area contributed by atoms with E-state index in [0.717, 1.165) is 0 Å². The molecule has 0 aliphatic carbocycles. The number of benzene rings is 1. The van der Waals surface area contributed by atoms with E-state index in [2.05, 4.69) is 5.32 Å². The fourth-order valence-corrected chi connectivity index (χ4v) is 2.54. The first-order valence-electron chi connectivity index (χ1n) is 7.42. The number of amides is 2. The average Bonchev–Trinajstić information content (AvgIpc) is 2.50. The summed E-state index contributed by atoms with van der Waals surface area (Å²) in [5.74, 6) is -0.620. The lowest BCUT2D eigenvalue weighted by atomic mass is 10.0. The average molecular weight is 361 g/mol. The fraction of sp³-hybridized carbons (Fsp3) is 0.500.